The van der Waals surface area contributed by atoms with Crippen LogP contribution in [0.25, 0.3) is 11.3 Å². The Labute approximate surface area is 91.2 Å². The molecule has 0 aliphatic heterocycles. The molecule has 0 fully saturated rings. The van der Waals surface area contributed by atoms with Crippen LogP contribution in [-0.4, -0.2) is 11.2 Å². The molecule has 2 aromatic rings. The van der Waals surface area contributed by atoms with Gasteiger partial charge < -0.3 is 5.73 Å². The zero-order valence-corrected chi connectivity index (χ0v) is 9.36. The second-order valence-electron chi connectivity index (χ2n) is 2.80. The number of aromatic nitrogens is 1. The number of thiazole rings is 1. The van der Waals surface area contributed by atoms with Crippen molar-refractivity contribution in [3.05, 3.63) is 29.6 Å². The Morgan fingerprint density at radius 2 is 2.00 bits per heavy atom. The van der Waals surface area contributed by atoms with Crippen LogP contribution in [-0.2, 0) is 0 Å². The molecule has 2 nitrogen and oxygen atoms in total. The Balaban J connectivity index is 2.33. The second kappa shape index (κ2) is 4.02. The molecule has 0 spiro atoms. The number of hydrogen-bond acceptors (Lipinski definition) is 4. The molecule has 0 aliphatic rings. The Morgan fingerprint density at radius 1 is 1.29 bits per heavy atom. The minimum Gasteiger partial charge on any atom is -0.375 e. The van der Waals surface area contributed by atoms with Gasteiger partial charge in [-0.2, -0.15) is 0 Å². The number of rotatable bonds is 2. The third kappa shape index (κ3) is 1.91. The molecule has 0 bridgehead atoms. The topological polar surface area (TPSA) is 38.9 Å². The van der Waals surface area contributed by atoms with Crippen molar-refractivity contribution < 1.29 is 0 Å². The Hall–Kier alpha value is -1.00. The maximum absolute atomic E-state index is 5.58. The van der Waals surface area contributed by atoms with Gasteiger partial charge in [0.05, 0.1) is 5.69 Å². The van der Waals surface area contributed by atoms with Crippen molar-refractivity contribution >= 4 is 28.2 Å². The van der Waals surface area contributed by atoms with E-state index in [9.17, 15) is 0 Å². The Morgan fingerprint density at radius 3 is 2.50 bits per heavy atom. The van der Waals surface area contributed by atoms with Gasteiger partial charge in [-0.1, -0.05) is 12.1 Å². The number of nitrogen functional groups attached to an aromatic ring is 1. The van der Waals surface area contributed by atoms with E-state index in [1.54, 1.807) is 11.8 Å². The molecule has 4 heteroatoms. The van der Waals surface area contributed by atoms with Crippen LogP contribution in [0.1, 0.15) is 0 Å². The largest absolute Gasteiger partial charge is 0.375 e. The lowest BCUT2D eigenvalue weighted by molar-refractivity contribution is 1.39. The zero-order valence-electron chi connectivity index (χ0n) is 7.73. The maximum Gasteiger partial charge on any atom is 0.180 e. The summed E-state index contributed by atoms with van der Waals surface area (Å²) in [5, 5.41) is 2.60. The van der Waals surface area contributed by atoms with Gasteiger partial charge in [0.1, 0.15) is 0 Å². The normalized spacial score (nSPS) is 10.4. The highest BCUT2D eigenvalue weighted by Gasteiger charge is 2.01. The van der Waals surface area contributed by atoms with Crippen LogP contribution in [0.2, 0.25) is 0 Å². The summed E-state index contributed by atoms with van der Waals surface area (Å²) >= 11 is 3.21. The molecule has 2 N–H and O–H groups in total. The fourth-order valence-electron chi connectivity index (χ4n) is 1.18. The van der Waals surface area contributed by atoms with Crippen molar-refractivity contribution in [3.63, 3.8) is 0 Å². The monoisotopic (exact) mass is 222 g/mol. The number of benzene rings is 1. The molecule has 0 saturated heterocycles. The fourth-order valence-corrected chi connectivity index (χ4v) is 2.16. The molecule has 72 valence electrons. The van der Waals surface area contributed by atoms with Gasteiger partial charge >= 0.3 is 0 Å². The van der Waals surface area contributed by atoms with Crippen molar-refractivity contribution in [1.82, 2.24) is 4.98 Å². The first-order valence-electron chi connectivity index (χ1n) is 4.15. The van der Waals surface area contributed by atoms with Gasteiger partial charge in [-0.05, 0) is 18.4 Å². The van der Waals surface area contributed by atoms with Crippen molar-refractivity contribution in [3.8, 4) is 11.3 Å². The molecule has 2 rings (SSSR count). The standard InChI is InChI=1S/C10H10N2S2/c1-13-8-4-2-7(3-5-8)9-6-14-10(11)12-9/h2-6H,1H3,(H2,11,12). The summed E-state index contributed by atoms with van der Waals surface area (Å²) in [4.78, 5) is 5.49. The first-order chi connectivity index (χ1) is 6.79. The smallest absolute Gasteiger partial charge is 0.180 e. The number of nitrogens with zero attached hydrogens (tertiary/aromatic N) is 1. The van der Waals surface area contributed by atoms with Crippen LogP contribution in [0, 0.1) is 0 Å². The van der Waals surface area contributed by atoms with E-state index in [-0.39, 0.29) is 0 Å². The van der Waals surface area contributed by atoms with Gasteiger partial charge in [0, 0.05) is 15.8 Å². The summed E-state index contributed by atoms with van der Waals surface area (Å²) in [7, 11) is 0. The SMILES string of the molecule is CSc1ccc(-c2csc(N)n2)cc1. The van der Waals surface area contributed by atoms with E-state index in [0.29, 0.717) is 5.13 Å². The molecule has 0 unspecified atom stereocenters. The van der Waals surface area contributed by atoms with E-state index in [4.69, 9.17) is 5.73 Å². The lowest BCUT2D eigenvalue weighted by Gasteiger charge is -1.98. The summed E-state index contributed by atoms with van der Waals surface area (Å²) in [5.74, 6) is 0. The number of anilines is 1. The van der Waals surface area contributed by atoms with Gasteiger partial charge in [0.25, 0.3) is 0 Å². The van der Waals surface area contributed by atoms with E-state index in [1.807, 2.05) is 5.38 Å². The first kappa shape index (κ1) is 9.55. The van der Waals surface area contributed by atoms with Crippen LogP contribution < -0.4 is 5.73 Å². The number of thioether (sulfide) groups is 1. The molecule has 14 heavy (non-hydrogen) atoms. The van der Waals surface area contributed by atoms with Gasteiger partial charge in [0.2, 0.25) is 0 Å². The summed E-state index contributed by atoms with van der Waals surface area (Å²) in [6.07, 6.45) is 2.07. The average molecular weight is 222 g/mol. The Kier molecular flexibility index (Phi) is 2.74. The van der Waals surface area contributed by atoms with E-state index in [2.05, 4.69) is 35.5 Å². The maximum atomic E-state index is 5.58. The zero-order chi connectivity index (χ0) is 9.97. The predicted molar refractivity (Wildman–Crippen MR) is 63.7 cm³/mol. The van der Waals surface area contributed by atoms with Crippen LogP contribution in [0.5, 0.6) is 0 Å². The molecule has 1 aromatic carbocycles. The van der Waals surface area contributed by atoms with E-state index < -0.39 is 0 Å². The molecule has 0 saturated carbocycles. The predicted octanol–water partition coefficient (Wildman–Crippen LogP) is 3.11. The highest BCUT2D eigenvalue weighted by atomic mass is 32.2. The molecular weight excluding hydrogens is 212 g/mol. The van der Waals surface area contributed by atoms with E-state index in [1.165, 1.54) is 16.2 Å². The van der Waals surface area contributed by atoms with E-state index >= 15 is 0 Å². The first-order valence-corrected chi connectivity index (χ1v) is 6.25. The molecule has 0 atom stereocenters. The molecule has 0 aliphatic carbocycles. The summed E-state index contributed by atoms with van der Waals surface area (Å²) in [6, 6.07) is 8.33. The summed E-state index contributed by atoms with van der Waals surface area (Å²) in [5.41, 5.74) is 7.65. The van der Waals surface area contributed by atoms with Gasteiger partial charge in [0.15, 0.2) is 5.13 Å². The highest BCUT2D eigenvalue weighted by Crippen LogP contribution is 2.25. The fraction of sp³-hybridized carbons (Fsp3) is 0.100. The average Bonchev–Trinajstić information content (AvgIpc) is 2.65. The molecule has 0 radical (unpaired) electrons. The molecule has 0 amide bonds. The van der Waals surface area contributed by atoms with Crippen LogP contribution >= 0.6 is 23.1 Å². The third-order valence-corrected chi connectivity index (χ3v) is 3.33. The van der Waals surface area contributed by atoms with E-state index in [0.717, 1.165) is 11.3 Å². The summed E-state index contributed by atoms with van der Waals surface area (Å²) in [6.45, 7) is 0. The highest BCUT2D eigenvalue weighted by molar-refractivity contribution is 7.98. The second-order valence-corrected chi connectivity index (χ2v) is 4.57. The van der Waals surface area contributed by atoms with Gasteiger partial charge in [-0.3, -0.25) is 0 Å². The molecule has 1 heterocycles. The van der Waals surface area contributed by atoms with Crippen molar-refractivity contribution in [2.24, 2.45) is 0 Å². The van der Waals surface area contributed by atoms with Crippen LogP contribution in [0.15, 0.2) is 34.5 Å². The number of hydrogen-bond donors (Lipinski definition) is 1. The number of nitrogens with two attached hydrogens (primary N) is 1. The van der Waals surface area contributed by atoms with Crippen LogP contribution in [0.4, 0.5) is 5.13 Å². The van der Waals surface area contributed by atoms with Crippen molar-refractivity contribution in [2.75, 3.05) is 12.0 Å². The van der Waals surface area contributed by atoms with Crippen LogP contribution in [0.3, 0.4) is 0 Å². The van der Waals surface area contributed by atoms with Crippen molar-refractivity contribution in [1.29, 1.82) is 0 Å². The summed E-state index contributed by atoms with van der Waals surface area (Å²) < 4.78 is 0. The quantitative estimate of drug-likeness (QED) is 0.793. The minimum atomic E-state index is 0.619. The van der Waals surface area contributed by atoms with Gasteiger partial charge in [-0.25, -0.2) is 4.98 Å². The Bertz CT molecular complexity index is 420. The van der Waals surface area contributed by atoms with Crippen molar-refractivity contribution in [2.45, 2.75) is 4.90 Å². The molecule has 1 aromatic heterocycles. The third-order valence-electron chi connectivity index (χ3n) is 1.91. The van der Waals surface area contributed by atoms with Gasteiger partial charge in [-0.15, -0.1) is 23.1 Å². The lowest BCUT2D eigenvalue weighted by atomic mass is 10.2. The molecular formula is C10H10N2S2. The lowest BCUT2D eigenvalue weighted by Crippen LogP contribution is -1.82. The minimum absolute atomic E-state index is 0.619.